The molecule has 0 rings (SSSR count). The van der Waals surface area contributed by atoms with Crippen molar-refractivity contribution in [2.45, 2.75) is 53.0 Å². The van der Waals surface area contributed by atoms with E-state index in [0.29, 0.717) is 19.8 Å². The number of esters is 1. The zero-order valence-corrected chi connectivity index (χ0v) is 11.9. The van der Waals surface area contributed by atoms with Gasteiger partial charge in [0.2, 0.25) is 0 Å². The van der Waals surface area contributed by atoms with Gasteiger partial charge in [0, 0.05) is 12.6 Å². The zero-order chi connectivity index (χ0) is 14.0. The summed E-state index contributed by atoms with van der Waals surface area (Å²) in [5, 5.41) is 0. The summed E-state index contributed by atoms with van der Waals surface area (Å²) in [6.45, 7) is 8.74. The quantitative estimate of drug-likeness (QED) is 0.629. The Labute approximate surface area is 109 Å². The van der Waals surface area contributed by atoms with Crippen molar-refractivity contribution in [1.29, 1.82) is 0 Å². The summed E-state index contributed by atoms with van der Waals surface area (Å²) in [6.07, 6.45) is 1.73. The predicted molar refractivity (Wildman–Crippen MR) is 69.3 cm³/mol. The summed E-state index contributed by atoms with van der Waals surface area (Å²) in [5.74, 6) is -0.282. The monoisotopic (exact) mass is 259 g/mol. The molecule has 0 spiro atoms. The van der Waals surface area contributed by atoms with Crippen molar-refractivity contribution in [3.8, 4) is 0 Å². The Morgan fingerprint density at radius 3 is 2.22 bits per heavy atom. The highest BCUT2D eigenvalue weighted by Crippen LogP contribution is 2.09. The Morgan fingerprint density at radius 1 is 1.11 bits per heavy atom. The molecule has 0 N–H and O–H groups in total. The van der Waals surface area contributed by atoms with Crippen LogP contribution in [0.4, 0.5) is 4.79 Å². The molecular weight excluding hydrogens is 234 g/mol. The van der Waals surface area contributed by atoms with Gasteiger partial charge in [-0.05, 0) is 27.2 Å². The molecule has 1 amide bonds. The fraction of sp³-hybridized carbons (Fsp3) is 0.846. The minimum absolute atomic E-state index is 0.199. The third-order valence-electron chi connectivity index (χ3n) is 2.55. The maximum atomic E-state index is 11.8. The summed E-state index contributed by atoms with van der Waals surface area (Å²) in [4.78, 5) is 24.8. The van der Waals surface area contributed by atoms with Gasteiger partial charge in [0.15, 0.2) is 0 Å². The Hall–Kier alpha value is -1.26. The first-order valence-corrected chi connectivity index (χ1v) is 6.65. The molecule has 0 aliphatic heterocycles. The zero-order valence-electron chi connectivity index (χ0n) is 11.9. The fourth-order valence-corrected chi connectivity index (χ4v) is 1.60. The highest BCUT2D eigenvalue weighted by molar-refractivity contribution is 5.72. The van der Waals surface area contributed by atoms with Crippen molar-refractivity contribution in [2.24, 2.45) is 0 Å². The molecule has 0 aromatic heterocycles. The number of hydrogen-bond acceptors (Lipinski definition) is 4. The number of unbranched alkanes of at least 4 members (excludes halogenated alkanes) is 1. The first kappa shape index (κ1) is 16.7. The average molecular weight is 259 g/mol. The van der Waals surface area contributed by atoms with E-state index in [4.69, 9.17) is 9.47 Å². The number of rotatable bonds is 8. The van der Waals surface area contributed by atoms with Gasteiger partial charge in [0.05, 0.1) is 19.6 Å². The van der Waals surface area contributed by atoms with Crippen LogP contribution in [0, 0.1) is 0 Å². The van der Waals surface area contributed by atoms with Gasteiger partial charge >= 0.3 is 12.1 Å². The van der Waals surface area contributed by atoms with Gasteiger partial charge in [-0.25, -0.2) is 4.79 Å². The van der Waals surface area contributed by atoms with Crippen LogP contribution >= 0.6 is 0 Å². The molecule has 0 aromatic rings. The Morgan fingerprint density at radius 2 is 1.72 bits per heavy atom. The number of carbonyl (C=O) groups is 2. The minimum atomic E-state index is -0.359. The van der Waals surface area contributed by atoms with Crippen molar-refractivity contribution in [2.75, 3.05) is 19.8 Å². The van der Waals surface area contributed by atoms with Gasteiger partial charge in [-0.1, -0.05) is 13.3 Å². The average Bonchev–Trinajstić information content (AvgIpc) is 2.30. The standard InChI is InChI=1S/C13H25NO4/c1-5-8-9-14(13(16)18-7-3)11(4)10-12(15)17-6-2/h11H,5-10H2,1-4H3. The second kappa shape index (κ2) is 9.74. The number of amides is 1. The maximum absolute atomic E-state index is 11.8. The SMILES string of the molecule is CCCCN(C(=O)OCC)C(C)CC(=O)OCC. The normalized spacial score (nSPS) is 11.8. The molecule has 0 saturated heterocycles. The number of hydrogen-bond donors (Lipinski definition) is 0. The lowest BCUT2D eigenvalue weighted by Gasteiger charge is -2.27. The van der Waals surface area contributed by atoms with Crippen LogP contribution in [0.25, 0.3) is 0 Å². The molecule has 0 fully saturated rings. The highest BCUT2D eigenvalue weighted by Gasteiger charge is 2.23. The van der Waals surface area contributed by atoms with Gasteiger partial charge < -0.3 is 14.4 Å². The van der Waals surface area contributed by atoms with Gasteiger partial charge in [-0.2, -0.15) is 0 Å². The van der Waals surface area contributed by atoms with Gasteiger partial charge in [-0.3, -0.25) is 4.79 Å². The molecule has 0 radical (unpaired) electrons. The highest BCUT2D eigenvalue weighted by atomic mass is 16.6. The van der Waals surface area contributed by atoms with Crippen LogP contribution in [0.2, 0.25) is 0 Å². The summed E-state index contributed by atoms with van der Waals surface area (Å²) in [7, 11) is 0. The fourth-order valence-electron chi connectivity index (χ4n) is 1.60. The third kappa shape index (κ3) is 6.47. The molecule has 106 valence electrons. The number of nitrogens with zero attached hydrogens (tertiary/aromatic N) is 1. The van der Waals surface area contributed by atoms with Crippen LogP contribution in [0.1, 0.15) is 47.0 Å². The largest absolute Gasteiger partial charge is 0.466 e. The second-order valence-electron chi connectivity index (χ2n) is 4.10. The van der Waals surface area contributed by atoms with Gasteiger partial charge in [0.1, 0.15) is 0 Å². The Bertz CT molecular complexity index is 255. The van der Waals surface area contributed by atoms with Crippen LogP contribution in [0.15, 0.2) is 0 Å². The van der Waals surface area contributed by atoms with Gasteiger partial charge in [-0.15, -0.1) is 0 Å². The second-order valence-corrected chi connectivity index (χ2v) is 4.10. The van der Waals surface area contributed by atoms with Crippen molar-refractivity contribution in [3.63, 3.8) is 0 Å². The molecule has 5 nitrogen and oxygen atoms in total. The molecule has 0 aliphatic carbocycles. The molecule has 0 aliphatic rings. The molecule has 0 aromatic carbocycles. The molecule has 5 heteroatoms. The lowest BCUT2D eigenvalue weighted by molar-refractivity contribution is -0.144. The van der Waals surface area contributed by atoms with E-state index in [1.807, 2.05) is 6.92 Å². The van der Waals surface area contributed by atoms with Crippen LogP contribution in [0.5, 0.6) is 0 Å². The van der Waals surface area contributed by atoms with Crippen LogP contribution in [-0.2, 0) is 14.3 Å². The van der Waals surface area contributed by atoms with Gasteiger partial charge in [0.25, 0.3) is 0 Å². The van der Waals surface area contributed by atoms with Crippen LogP contribution < -0.4 is 0 Å². The Kier molecular flexibility index (Phi) is 9.06. The van der Waals surface area contributed by atoms with E-state index >= 15 is 0 Å². The molecule has 1 atom stereocenters. The molecule has 0 bridgehead atoms. The summed E-state index contributed by atoms with van der Waals surface area (Å²) in [5.41, 5.74) is 0. The maximum Gasteiger partial charge on any atom is 0.409 e. The first-order valence-electron chi connectivity index (χ1n) is 6.65. The van der Waals surface area contributed by atoms with Crippen molar-refractivity contribution < 1.29 is 19.1 Å². The summed E-state index contributed by atoms with van der Waals surface area (Å²) in [6, 6.07) is -0.199. The molecule has 0 saturated carbocycles. The predicted octanol–water partition coefficient (Wildman–Crippen LogP) is 2.59. The molecule has 1 unspecified atom stereocenters. The van der Waals surface area contributed by atoms with Crippen molar-refractivity contribution in [1.82, 2.24) is 4.90 Å². The molecule has 0 heterocycles. The van der Waals surface area contributed by atoms with E-state index in [1.54, 1.807) is 18.7 Å². The molecular formula is C13H25NO4. The smallest absolute Gasteiger partial charge is 0.409 e. The summed E-state index contributed by atoms with van der Waals surface area (Å²) >= 11 is 0. The van der Waals surface area contributed by atoms with Crippen molar-refractivity contribution in [3.05, 3.63) is 0 Å². The summed E-state index contributed by atoms with van der Waals surface area (Å²) < 4.78 is 9.89. The lowest BCUT2D eigenvalue weighted by Crippen LogP contribution is -2.41. The van der Waals surface area contributed by atoms with E-state index in [2.05, 4.69) is 6.92 Å². The number of carbonyl (C=O) groups excluding carboxylic acids is 2. The number of ether oxygens (including phenoxy) is 2. The van der Waals surface area contributed by atoms with Crippen LogP contribution in [0.3, 0.4) is 0 Å². The molecule has 18 heavy (non-hydrogen) atoms. The van der Waals surface area contributed by atoms with E-state index in [9.17, 15) is 9.59 Å². The van der Waals surface area contributed by atoms with E-state index in [-0.39, 0.29) is 24.5 Å². The third-order valence-corrected chi connectivity index (χ3v) is 2.55. The van der Waals surface area contributed by atoms with Crippen LogP contribution in [-0.4, -0.2) is 42.8 Å². The Balaban J connectivity index is 4.42. The van der Waals surface area contributed by atoms with E-state index in [0.717, 1.165) is 12.8 Å². The topological polar surface area (TPSA) is 55.8 Å². The lowest BCUT2D eigenvalue weighted by atomic mass is 10.2. The van der Waals surface area contributed by atoms with Crippen molar-refractivity contribution >= 4 is 12.1 Å². The minimum Gasteiger partial charge on any atom is -0.466 e. The van der Waals surface area contributed by atoms with E-state index < -0.39 is 0 Å². The van der Waals surface area contributed by atoms with E-state index in [1.165, 1.54) is 0 Å². The first-order chi connectivity index (χ1) is 8.56.